The zero-order chi connectivity index (χ0) is 13.8. The van der Waals surface area contributed by atoms with Crippen LogP contribution in [-0.2, 0) is 6.42 Å². The summed E-state index contributed by atoms with van der Waals surface area (Å²) in [5.41, 5.74) is 8.16. The van der Waals surface area contributed by atoms with Crippen molar-refractivity contribution in [3.05, 3.63) is 42.1 Å². The average Bonchev–Trinajstić information content (AvgIpc) is 2.49. The molecule has 2 aromatic rings. The number of pyridine rings is 1. The lowest BCUT2D eigenvalue weighted by Gasteiger charge is -2.31. The molecule has 0 atom stereocenters. The van der Waals surface area contributed by atoms with Crippen LogP contribution >= 0.6 is 0 Å². The number of aromatic nitrogens is 1. The number of piperidine rings is 1. The van der Waals surface area contributed by atoms with E-state index in [2.05, 4.69) is 34.1 Å². The van der Waals surface area contributed by atoms with E-state index in [4.69, 9.17) is 5.73 Å². The molecule has 0 saturated carbocycles. The third-order valence-electron chi connectivity index (χ3n) is 4.34. The summed E-state index contributed by atoms with van der Waals surface area (Å²) in [6.45, 7) is 4.24. The molecule has 1 aromatic carbocycles. The minimum Gasteiger partial charge on any atom is -0.329 e. The lowest BCUT2D eigenvalue weighted by Crippen LogP contribution is -2.37. The van der Waals surface area contributed by atoms with Gasteiger partial charge in [0, 0.05) is 24.7 Å². The van der Waals surface area contributed by atoms with Crippen molar-refractivity contribution in [2.24, 2.45) is 11.7 Å². The smallest absolute Gasteiger partial charge is 0.0702 e. The van der Waals surface area contributed by atoms with E-state index >= 15 is 0 Å². The molecule has 0 bridgehead atoms. The fourth-order valence-electron chi connectivity index (χ4n) is 3.18. The van der Waals surface area contributed by atoms with E-state index in [0.717, 1.165) is 24.5 Å². The van der Waals surface area contributed by atoms with Crippen molar-refractivity contribution in [3.63, 3.8) is 0 Å². The van der Waals surface area contributed by atoms with E-state index < -0.39 is 0 Å². The molecule has 0 unspecified atom stereocenters. The zero-order valence-electron chi connectivity index (χ0n) is 12.0. The Bertz CT molecular complexity index is 559. The summed E-state index contributed by atoms with van der Waals surface area (Å²) in [7, 11) is 0. The van der Waals surface area contributed by atoms with Crippen LogP contribution < -0.4 is 5.73 Å². The first-order valence-corrected chi connectivity index (χ1v) is 7.61. The van der Waals surface area contributed by atoms with Gasteiger partial charge in [0.05, 0.1) is 5.52 Å². The molecule has 1 fully saturated rings. The molecular formula is C17H23N3. The second-order valence-corrected chi connectivity index (χ2v) is 5.81. The lowest BCUT2D eigenvalue weighted by molar-refractivity contribution is 0.188. The first kappa shape index (κ1) is 13.5. The van der Waals surface area contributed by atoms with Crippen molar-refractivity contribution in [2.75, 3.05) is 26.2 Å². The normalized spacial score (nSPS) is 17.6. The number of hydrogen-bond donors (Lipinski definition) is 1. The Hall–Kier alpha value is -1.45. The summed E-state index contributed by atoms with van der Waals surface area (Å²) in [4.78, 5) is 6.87. The third-order valence-corrected chi connectivity index (χ3v) is 4.34. The topological polar surface area (TPSA) is 42.1 Å². The highest BCUT2D eigenvalue weighted by atomic mass is 15.1. The van der Waals surface area contributed by atoms with Crippen molar-refractivity contribution < 1.29 is 0 Å². The molecule has 1 aliphatic rings. The number of rotatable bonds is 4. The second kappa shape index (κ2) is 6.33. The van der Waals surface area contributed by atoms with E-state index in [1.54, 1.807) is 0 Å². The van der Waals surface area contributed by atoms with Gasteiger partial charge < -0.3 is 10.6 Å². The molecule has 0 aliphatic carbocycles. The average molecular weight is 269 g/mol. The molecule has 1 saturated heterocycles. The van der Waals surface area contributed by atoms with Crippen LogP contribution in [-0.4, -0.2) is 36.1 Å². The first-order chi connectivity index (χ1) is 9.85. The van der Waals surface area contributed by atoms with E-state index in [1.165, 1.54) is 43.3 Å². The Morgan fingerprint density at radius 3 is 2.85 bits per heavy atom. The van der Waals surface area contributed by atoms with Crippen molar-refractivity contribution in [3.8, 4) is 0 Å². The van der Waals surface area contributed by atoms with Crippen LogP contribution in [0.5, 0.6) is 0 Å². The van der Waals surface area contributed by atoms with Gasteiger partial charge in [-0.25, -0.2) is 0 Å². The Balaban J connectivity index is 1.62. The molecule has 106 valence electrons. The summed E-state index contributed by atoms with van der Waals surface area (Å²) >= 11 is 0. The molecular weight excluding hydrogens is 246 g/mol. The molecule has 1 aliphatic heterocycles. The van der Waals surface area contributed by atoms with Crippen LogP contribution in [0.2, 0.25) is 0 Å². The Morgan fingerprint density at radius 1 is 1.20 bits per heavy atom. The van der Waals surface area contributed by atoms with E-state index in [9.17, 15) is 0 Å². The molecule has 0 spiro atoms. The molecule has 20 heavy (non-hydrogen) atoms. The van der Waals surface area contributed by atoms with Crippen LogP contribution in [0.25, 0.3) is 10.9 Å². The van der Waals surface area contributed by atoms with Crippen molar-refractivity contribution in [2.45, 2.75) is 19.3 Å². The van der Waals surface area contributed by atoms with E-state index in [0.29, 0.717) is 0 Å². The summed E-state index contributed by atoms with van der Waals surface area (Å²) in [6, 6.07) is 10.8. The van der Waals surface area contributed by atoms with Gasteiger partial charge in [0.15, 0.2) is 0 Å². The number of hydrogen-bond acceptors (Lipinski definition) is 3. The minimum absolute atomic E-state index is 0.780. The molecule has 0 amide bonds. The van der Waals surface area contributed by atoms with Crippen LogP contribution in [0, 0.1) is 5.92 Å². The molecule has 2 N–H and O–H groups in total. The predicted molar refractivity (Wildman–Crippen MR) is 83.7 cm³/mol. The summed E-state index contributed by atoms with van der Waals surface area (Å²) in [6.07, 6.45) is 5.65. The Labute approximate surface area is 120 Å². The second-order valence-electron chi connectivity index (χ2n) is 5.81. The highest BCUT2D eigenvalue weighted by Crippen LogP contribution is 2.23. The van der Waals surface area contributed by atoms with Gasteiger partial charge in [-0.3, -0.25) is 4.98 Å². The number of fused-ring (bicyclic) bond motifs is 1. The Morgan fingerprint density at radius 2 is 2.05 bits per heavy atom. The van der Waals surface area contributed by atoms with Crippen molar-refractivity contribution >= 4 is 10.9 Å². The molecule has 3 nitrogen and oxygen atoms in total. The largest absolute Gasteiger partial charge is 0.329 e. The predicted octanol–water partition coefficient (Wildman–Crippen LogP) is 2.45. The van der Waals surface area contributed by atoms with Crippen LogP contribution in [0.3, 0.4) is 0 Å². The van der Waals surface area contributed by atoms with E-state index in [-0.39, 0.29) is 0 Å². The van der Waals surface area contributed by atoms with Gasteiger partial charge in [0.1, 0.15) is 0 Å². The first-order valence-electron chi connectivity index (χ1n) is 7.61. The molecule has 3 rings (SSSR count). The molecule has 2 heterocycles. The fraction of sp³-hybridized carbons (Fsp3) is 0.471. The number of likely N-dealkylation sites (tertiary alicyclic amines) is 1. The maximum Gasteiger partial charge on any atom is 0.0702 e. The van der Waals surface area contributed by atoms with Gasteiger partial charge in [-0.1, -0.05) is 12.1 Å². The maximum absolute atomic E-state index is 5.62. The number of nitrogens with zero attached hydrogens (tertiary/aromatic N) is 2. The van der Waals surface area contributed by atoms with Gasteiger partial charge in [-0.2, -0.15) is 0 Å². The fourth-order valence-corrected chi connectivity index (χ4v) is 3.18. The van der Waals surface area contributed by atoms with Gasteiger partial charge >= 0.3 is 0 Å². The summed E-state index contributed by atoms with van der Waals surface area (Å²) < 4.78 is 0. The summed E-state index contributed by atoms with van der Waals surface area (Å²) in [5, 5.41) is 1.26. The van der Waals surface area contributed by atoms with Crippen LogP contribution in [0.15, 0.2) is 36.5 Å². The highest BCUT2D eigenvalue weighted by molar-refractivity contribution is 5.78. The standard InChI is InChI=1S/C17H23N3/c18-7-11-20-9-5-14(6-10-20)12-15-3-4-17-16(13-15)2-1-8-19-17/h1-4,8,13-14H,5-7,9-12,18H2. The van der Waals surface area contributed by atoms with Gasteiger partial charge in [-0.05, 0) is 62.0 Å². The van der Waals surface area contributed by atoms with Crippen LogP contribution in [0.4, 0.5) is 0 Å². The summed E-state index contributed by atoms with van der Waals surface area (Å²) in [5.74, 6) is 0.818. The monoisotopic (exact) mass is 269 g/mol. The quantitative estimate of drug-likeness (QED) is 0.927. The number of benzene rings is 1. The van der Waals surface area contributed by atoms with Gasteiger partial charge in [-0.15, -0.1) is 0 Å². The van der Waals surface area contributed by atoms with Crippen molar-refractivity contribution in [1.29, 1.82) is 0 Å². The Kier molecular flexibility index (Phi) is 4.28. The van der Waals surface area contributed by atoms with E-state index in [1.807, 2.05) is 12.3 Å². The highest BCUT2D eigenvalue weighted by Gasteiger charge is 2.18. The molecule has 0 radical (unpaired) electrons. The van der Waals surface area contributed by atoms with Gasteiger partial charge in [0.2, 0.25) is 0 Å². The van der Waals surface area contributed by atoms with Crippen molar-refractivity contribution in [1.82, 2.24) is 9.88 Å². The maximum atomic E-state index is 5.62. The minimum atomic E-state index is 0.780. The molecule has 3 heteroatoms. The molecule has 1 aromatic heterocycles. The lowest BCUT2D eigenvalue weighted by atomic mass is 9.90. The zero-order valence-corrected chi connectivity index (χ0v) is 12.0. The number of nitrogens with two attached hydrogens (primary N) is 1. The third kappa shape index (κ3) is 3.17. The van der Waals surface area contributed by atoms with Crippen LogP contribution in [0.1, 0.15) is 18.4 Å². The SMILES string of the molecule is NCCN1CCC(Cc2ccc3ncccc3c2)CC1. The van der Waals surface area contributed by atoms with Gasteiger partial charge in [0.25, 0.3) is 0 Å².